The van der Waals surface area contributed by atoms with Crippen molar-refractivity contribution in [1.29, 1.82) is 0 Å². The molecule has 0 bridgehead atoms. The first-order valence-electron chi connectivity index (χ1n) is 10.8. The summed E-state index contributed by atoms with van der Waals surface area (Å²) in [7, 11) is 0. The van der Waals surface area contributed by atoms with Crippen molar-refractivity contribution in [3.63, 3.8) is 0 Å². The first-order chi connectivity index (χ1) is 15.4. The average Bonchev–Trinajstić information content (AvgIpc) is 3.39. The smallest absolute Gasteiger partial charge is 0.407 e. The molecule has 10 heteroatoms. The number of fused-ring (bicyclic) bond motifs is 2. The number of anilines is 1. The molecule has 3 aromatic heterocycles. The topological polar surface area (TPSA) is 116 Å². The van der Waals surface area contributed by atoms with Crippen LogP contribution in [-0.4, -0.2) is 55.7 Å². The highest BCUT2D eigenvalue weighted by Crippen LogP contribution is 2.22. The standard InChI is InChI=1S/C22H26N8O2/c1-22(2,3)32-21(31)26-14-8-10-29(11-9-14)20-27-18-17(23-12-24-18)19(28-20)30-13-25-15-6-4-5-7-16(15)30/h4-7,12-14H,8-11H2,1-3H3,(H2,23,24,26,27,28,31)/p+1. The van der Waals surface area contributed by atoms with Crippen LogP contribution >= 0.6 is 0 Å². The Kier molecular flexibility index (Phi) is 4.91. The molecule has 1 aromatic carbocycles. The number of nitrogens with one attached hydrogen (secondary N) is 3. The molecule has 1 saturated heterocycles. The van der Waals surface area contributed by atoms with Gasteiger partial charge in [-0.2, -0.15) is 9.55 Å². The summed E-state index contributed by atoms with van der Waals surface area (Å²) >= 11 is 0. The van der Waals surface area contributed by atoms with E-state index >= 15 is 0 Å². The fraction of sp³-hybridized carbons (Fsp3) is 0.409. The maximum Gasteiger partial charge on any atom is 0.407 e. The number of piperidine rings is 1. The lowest BCUT2D eigenvalue weighted by Crippen LogP contribution is -2.46. The number of hydrogen-bond donors (Lipinski definition) is 3. The molecule has 0 aliphatic carbocycles. The number of carbonyl (C=O) groups is 1. The fourth-order valence-electron chi connectivity index (χ4n) is 4.01. The number of carbonyl (C=O) groups excluding carboxylic acids is 1. The van der Waals surface area contributed by atoms with Gasteiger partial charge >= 0.3 is 12.0 Å². The number of aromatic nitrogens is 6. The number of para-hydroxylation sites is 2. The zero-order valence-electron chi connectivity index (χ0n) is 18.4. The van der Waals surface area contributed by atoms with Gasteiger partial charge in [0.15, 0.2) is 17.5 Å². The Hall–Kier alpha value is -3.69. The molecular formula is C22H27N8O2+. The van der Waals surface area contributed by atoms with Crippen molar-refractivity contribution < 1.29 is 14.1 Å². The Bertz CT molecular complexity index is 1260. The number of rotatable bonds is 3. The van der Waals surface area contributed by atoms with E-state index in [9.17, 15) is 4.79 Å². The molecule has 166 valence electrons. The second-order valence-corrected chi connectivity index (χ2v) is 9.02. The molecule has 0 spiro atoms. The first kappa shape index (κ1) is 20.2. The van der Waals surface area contributed by atoms with Crippen molar-refractivity contribution in [2.75, 3.05) is 18.0 Å². The summed E-state index contributed by atoms with van der Waals surface area (Å²) in [6.07, 6.45) is 4.74. The third kappa shape index (κ3) is 3.95. The number of hydrogen-bond acceptors (Lipinski definition) is 6. The third-order valence-corrected chi connectivity index (χ3v) is 5.49. The van der Waals surface area contributed by atoms with Crippen molar-refractivity contribution >= 4 is 34.2 Å². The van der Waals surface area contributed by atoms with Gasteiger partial charge in [-0.15, -0.1) is 0 Å². The molecule has 1 amide bonds. The molecular weight excluding hydrogens is 408 g/mol. The van der Waals surface area contributed by atoms with Gasteiger partial charge in [0.1, 0.15) is 16.6 Å². The highest BCUT2D eigenvalue weighted by atomic mass is 16.6. The van der Waals surface area contributed by atoms with E-state index < -0.39 is 5.60 Å². The van der Waals surface area contributed by atoms with Gasteiger partial charge in [0, 0.05) is 19.1 Å². The van der Waals surface area contributed by atoms with E-state index in [1.807, 2.05) is 55.9 Å². The summed E-state index contributed by atoms with van der Waals surface area (Å²) in [6.45, 7) is 7.05. The minimum atomic E-state index is -0.506. The van der Waals surface area contributed by atoms with Crippen LogP contribution in [0.1, 0.15) is 33.6 Å². The van der Waals surface area contributed by atoms with E-state index in [0.717, 1.165) is 48.3 Å². The molecule has 1 fully saturated rings. The van der Waals surface area contributed by atoms with Gasteiger partial charge in [-0.3, -0.25) is 4.98 Å². The van der Waals surface area contributed by atoms with E-state index in [1.54, 1.807) is 6.33 Å². The van der Waals surface area contributed by atoms with Gasteiger partial charge < -0.3 is 19.9 Å². The number of aromatic amines is 2. The van der Waals surface area contributed by atoms with Crippen molar-refractivity contribution in [2.24, 2.45) is 0 Å². The van der Waals surface area contributed by atoms with Crippen molar-refractivity contribution in [3.8, 4) is 5.82 Å². The summed E-state index contributed by atoms with van der Waals surface area (Å²) in [4.78, 5) is 34.6. The van der Waals surface area contributed by atoms with Gasteiger partial charge in [-0.1, -0.05) is 17.1 Å². The SMILES string of the molecule is CC(C)(C)OC(=O)NC1CCN(c2nc(-[n+]3c[nH]c4ccccc43)c3[nH]cnc3n2)CC1. The Balaban J connectivity index is 1.38. The summed E-state index contributed by atoms with van der Waals surface area (Å²) in [6, 6.07) is 8.14. The molecule has 1 aliphatic rings. The predicted octanol–water partition coefficient (Wildman–Crippen LogP) is 2.60. The van der Waals surface area contributed by atoms with Crippen LogP contribution in [0.25, 0.3) is 28.0 Å². The van der Waals surface area contributed by atoms with Gasteiger partial charge in [-0.05, 0) is 45.7 Å². The molecule has 0 unspecified atom stereocenters. The molecule has 5 rings (SSSR count). The van der Waals surface area contributed by atoms with Crippen LogP contribution in [0.2, 0.25) is 0 Å². The van der Waals surface area contributed by atoms with Gasteiger partial charge in [0.05, 0.1) is 6.33 Å². The van der Waals surface area contributed by atoms with Gasteiger partial charge in [0.2, 0.25) is 0 Å². The monoisotopic (exact) mass is 435 g/mol. The number of nitrogens with zero attached hydrogens (tertiary/aromatic N) is 5. The van der Waals surface area contributed by atoms with Crippen LogP contribution in [-0.2, 0) is 4.74 Å². The number of alkyl carbamates (subject to hydrolysis) is 1. The minimum absolute atomic E-state index is 0.0673. The van der Waals surface area contributed by atoms with Gasteiger partial charge in [-0.25, -0.2) is 9.78 Å². The van der Waals surface area contributed by atoms with Crippen LogP contribution < -0.4 is 14.8 Å². The zero-order valence-corrected chi connectivity index (χ0v) is 18.4. The van der Waals surface area contributed by atoms with E-state index in [4.69, 9.17) is 9.72 Å². The largest absolute Gasteiger partial charge is 0.444 e. The molecule has 3 N–H and O–H groups in total. The molecule has 32 heavy (non-hydrogen) atoms. The normalized spacial score (nSPS) is 15.4. The second-order valence-electron chi connectivity index (χ2n) is 9.02. The van der Waals surface area contributed by atoms with Crippen LogP contribution in [0.15, 0.2) is 36.9 Å². The molecule has 0 saturated carbocycles. The van der Waals surface area contributed by atoms with Crippen LogP contribution in [0.4, 0.5) is 10.7 Å². The van der Waals surface area contributed by atoms with E-state index in [1.165, 1.54) is 0 Å². The predicted molar refractivity (Wildman–Crippen MR) is 120 cm³/mol. The van der Waals surface area contributed by atoms with Gasteiger partial charge in [0.25, 0.3) is 5.82 Å². The van der Waals surface area contributed by atoms with Crippen LogP contribution in [0.3, 0.4) is 0 Å². The number of imidazole rings is 2. The summed E-state index contributed by atoms with van der Waals surface area (Å²) in [5.74, 6) is 1.38. The maximum atomic E-state index is 12.1. The Morgan fingerprint density at radius 3 is 2.75 bits per heavy atom. The van der Waals surface area contributed by atoms with Crippen LogP contribution in [0, 0.1) is 0 Å². The maximum absolute atomic E-state index is 12.1. The van der Waals surface area contributed by atoms with E-state index in [2.05, 4.69) is 30.2 Å². The minimum Gasteiger partial charge on any atom is -0.444 e. The summed E-state index contributed by atoms with van der Waals surface area (Å²) < 4.78 is 7.39. The molecule has 0 atom stereocenters. The Morgan fingerprint density at radius 2 is 1.97 bits per heavy atom. The first-order valence-corrected chi connectivity index (χ1v) is 10.8. The van der Waals surface area contributed by atoms with E-state index in [-0.39, 0.29) is 12.1 Å². The Labute approximate surface area is 185 Å². The second kappa shape index (κ2) is 7.77. The van der Waals surface area contributed by atoms with E-state index in [0.29, 0.717) is 11.6 Å². The number of amides is 1. The number of benzene rings is 1. The summed E-state index contributed by atoms with van der Waals surface area (Å²) in [5, 5.41) is 2.97. The number of H-pyrrole nitrogens is 2. The van der Waals surface area contributed by atoms with Crippen molar-refractivity contribution in [3.05, 3.63) is 36.9 Å². The lowest BCUT2D eigenvalue weighted by atomic mass is 10.1. The van der Waals surface area contributed by atoms with Crippen LogP contribution in [0.5, 0.6) is 0 Å². The zero-order chi connectivity index (χ0) is 22.3. The fourth-order valence-corrected chi connectivity index (χ4v) is 4.01. The number of ether oxygens (including phenoxy) is 1. The lowest BCUT2D eigenvalue weighted by molar-refractivity contribution is -0.569. The van der Waals surface area contributed by atoms with Crippen molar-refractivity contribution in [2.45, 2.75) is 45.3 Å². The third-order valence-electron chi connectivity index (χ3n) is 5.49. The molecule has 1 aliphatic heterocycles. The lowest BCUT2D eigenvalue weighted by Gasteiger charge is -2.31. The average molecular weight is 436 g/mol. The Morgan fingerprint density at radius 1 is 1.19 bits per heavy atom. The molecule has 4 heterocycles. The quantitative estimate of drug-likeness (QED) is 0.426. The molecule has 4 aromatic rings. The highest BCUT2D eigenvalue weighted by molar-refractivity contribution is 5.79. The molecule has 0 radical (unpaired) electrons. The molecule has 10 nitrogen and oxygen atoms in total. The van der Waals surface area contributed by atoms with Crippen molar-refractivity contribution in [1.82, 2.24) is 30.2 Å². The summed E-state index contributed by atoms with van der Waals surface area (Å²) in [5.41, 5.74) is 2.94. The highest BCUT2D eigenvalue weighted by Gasteiger charge is 2.28.